The first-order valence-electron chi connectivity index (χ1n) is 10.5. The van der Waals surface area contributed by atoms with Gasteiger partial charge in [0.2, 0.25) is 0 Å². The molecule has 2 aromatic heterocycles. The summed E-state index contributed by atoms with van der Waals surface area (Å²) in [7, 11) is 0. The van der Waals surface area contributed by atoms with E-state index in [2.05, 4.69) is 16.5 Å². The summed E-state index contributed by atoms with van der Waals surface area (Å²) < 4.78 is 1.31. The molecule has 0 bridgehead atoms. The van der Waals surface area contributed by atoms with Crippen LogP contribution in [0.15, 0.2) is 65.5 Å². The van der Waals surface area contributed by atoms with Crippen LogP contribution in [0.3, 0.4) is 0 Å². The fourth-order valence-corrected chi connectivity index (χ4v) is 4.70. The fraction of sp³-hybridized carbons (Fsp3) is 0.154. The number of nitrogens with zero attached hydrogens (tertiary/aromatic N) is 3. The van der Waals surface area contributed by atoms with Crippen molar-refractivity contribution in [2.75, 3.05) is 5.32 Å². The van der Waals surface area contributed by atoms with E-state index in [0.29, 0.717) is 33.9 Å². The van der Waals surface area contributed by atoms with E-state index in [1.54, 1.807) is 0 Å². The second kappa shape index (κ2) is 9.23. The van der Waals surface area contributed by atoms with Crippen LogP contribution in [-0.4, -0.2) is 15.7 Å². The molecule has 4 aromatic rings. The minimum atomic E-state index is -0.557. The summed E-state index contributed by atoms with van der Waals surface area (Å²) in [5.74, 6) is -0.557. The van der Waals surface area contributed by atoms with Gasteiger partial charge in [-0.3, -0.25) is 9.59 Å². The van der Waals surface area contributed by atoms with E-state index in [0.717, 1.165) is 16.0 Å². The smallest absolute Gasteiger partial charge is 0.280 e. The van der Waals surface area contributed by atoms with Gasteiger partial charge in [-0.1, -0.05) is 60.7 Å². The third kappa shape index (κ3) is 4.09. The van der Waals surface area contributed by atoms with Crippen LogP contribution >= 0.6 is 11.3 Å². The number of carbonyl (C=O) groups is 1. The van der Waals surface area contributed by atoms with E-state index >= 15 is 0 Å². The summed E-state index contributed by atoms with van der Waals surface area (Å²) in [4.78, 5) is 28.0. The van der Waals surface area contributed by atoms with Gasteiger partial charge in [0, 0.05) is 22.5 Å². The Labute approximate surface area is 195 Å². The molecule has 7 heteroatoms. The molecule has 0 saturated heterocycles. The molecule has 6 nitrogen and oxygen atoms in total. The number of amides is 1. The highest BCUT2D eigenvalue weighted by molar-refractivity contribution is 7.16. The van der Waals surface area contributed by atoms with Crippen LogP contribution in [0, 0.1) is 25.2 Å². The minimum absolute atomic E-state index is 0.00417. The molecule has 0 unspecified atom stereocenters. The van der Waals surface area contributed by atoms with E-state index in [1.807, 2.05) is 81.4 Å². The average molecular weight is 455 g/mol. The predicted octanol–water partition coefficient (Wildman–Crippen LogP) is 5.40. The molecule has 0 aliphatic rings. The predicted molar refractivity (Wildman–Crippen MR) is 132 cm³/mol. The Morgan fingerprint density at radius 2 is 1.67 bits per heavy atom. The number of nitrogens with one attached hydrogen (secondary N) is 1. The van der Waals surface area contributed by atoms with Gasteiger partial charge in [-0.2, -0.15) is 10.4 Å². The Kier molecular flexibility index (Phi) is 6.20. The number of benzene rings is 2. The van der Waals surface area contributed by atoms with Gasteiger partial charge >= 0.3 is 0 Å². The molecule has 0 aliphatic carbocycles. The number of anilines is 1. The van der Waals surface area contributed by atoms with Crippen LogP contribution in [0.25, 0.3) is 22.4 Å². The van der Waals surface area contributed by atoms with Crippen LogP contribution in [0.2, 0.25) is 0 Å². The van der Waals surface area contributed by atoms with Crippen molar-refractivity contribution in [3.05, 3.63) is 92.6 Å². The highest BCUT2D eigenvalue weighted by Crippen LogP contribution is 2.35. The van der Waals surface area contributed by atoms with Gasteiger partial charge in [0.1, 0.15) is 16.6 Å². The van der Waals surface area contributed by atoms with Gasteiger partial charge in [-0.25, -0.2) is 4.68 Å². The standard InChI is InChI=1S/C26H22N4O2S/c1-4-30-26(32)22(24(31)28-25-20(15-27)16(2)17(3)33-25)21(18-11-7-5-8-12-18)23(29-30)19-13-9-6-10-14-19/h5-14H,4H2,1-3H3,(H,28,31). The third-order valence-corrected chi connectivity index (χ3v) is 6.64. The monoisotopic (exact) mass is 454 g/mol. The maximum Gasteiger partial charge on any atom is 0.280 e. The van der Waals surface area contributed by atoms with Crippen LogP contribution in [0.1, 0.15) is 33.3 Å². The van der Waals surface area contributed by atoms with Gasteiger partial charge < -0.3 is 5.32 Å². The van der Waals surface area contributed by atoms with Gasteiger partial charge in [0.25, 0.3) is 11.5 Å². The van der Waals surface area contributed by atoms with Crippen LogP contribution < -0.4 is 10.9 Å². The molecule has 0 radical (unpaired) electrons. The molecular formula is C26H22N4O2S. The second-order valence-corrected chi connectivity index (χ2v) is 8.73. The molecule has 0 atom stereocenters. The normalized spacial score (nSPS) is 10.6. The molecule has 4 rings (SSSR count). The van der Waals surface area contributed by atoms with Crippen molar-refractivity contribution in [3.63, 3.8) is 0 Å². The quantitative estimate of drug-likeness (QED) is 0.437. The molecule has 164 valence electrons. The maximum absolute atomic E-state index is 13.6. The summed E-state index contributed by atoms with van der Waals surface area (Å²) in [6.45, 7) is 5.87. The zero-order valence-corrected chi connectivity index (χ0v) is 19.4. The van der Waals surface area contributed by atoms with E-state index in [1.165, 1.54) is 16.0 Å². The Balaban J connectivity index is 1.99. The Hall–Kier alpha value is -4.02. The number of aromatic nitrogens is 2. The Bertz CT molecular complexity index is 1430. The number of thiophene rings is 1. The summed E-state index contributed by atoms with van der Waals surface area (Å²) in [5, 5.41) is 17.5. The van der Waals surface area contributed by atoms with Gasteiger partial charge in [0.15, 0.2) is 0 Å². The average Bonchev–Trinajstić information content (AvgIpc) is 3.11. The highest BCUT2D eigenvalue weighted by atomic mass is 32.1. The zero-order valence-electron chi connectivity index (χ0n) is 18.5. The van der Waals surface area contributed by atoms with Crippen molar-refractivity contribution in [1.29, 1.82) is 5.26 Å². The topological polar surface area (TPSA) is 87.8 Å². The lowest BCUT2D eigenvalue weighted by molar-refractivity contribution is 0.102. The summed E-state index contributed by atoms with van der Waals surface area (Å²) in [5.41, 5.74) is 3.31. The molecular weight excluding hydrogens is 432 g/mol. The lowest BCUT2D eigenvalue weighted by Gasteiger charge is -2.16. The first-order chi connectivity index (χ1) is 16.0. The Morgan fingerprint density at radius 3 is 2.24 bits per heavy atom. The van der Waals surface area contributed by atoms with Crippen molar-refractivity contribution in [2.24, 2.45) is 0 Å². The lowest BCUT2D eigenvalue weighted by atomic mass is 9.95. The number of rotatable bonds is 5. The number of carbonyl (C=O) groups excluding carboxylic acids is 1. The van der Waals surface area contributed by atoms with Crippen molar-refractivity contribution >= 4 is 22.2 Å². The van der Waals surface area contributed by atoms with Gasteiger partial charge in [-0.05, 0) is 31.9 Å². The number of hydrogen-bond acceptors (Lipinski definition) is 5. The second-order valence-electron chi connectivity index (χ2n) is 7.50. The van der Waals surface area contributed by atoms with Crippen LogP contribution in [0.5, 0.6) is 0 Å². The molecule has 0 saturated carbocycles. The van der Waals surface area contributed by atoms with E-state index in [-0.39, 0.29) is 5.56 Å². The first kappa shape index (κ1) is 22.2. The minimum Gasteiger partial charge on any atom is -0.312 e. The molecule has 2 heterocycles. The van der Waals surface area contributed by atoms with Crippen molar-refractivity contribution in [3.8, 4) is 28.5 Å². The molecule has 2 aromatic carbocycles. The number of aryl methyl sites for hydroxylation is 2. The molecule has 1 N–H and O–H groups in total. The fourth-order valence-electron chi connectivity index (χ4n) is 3.69. The van der Waals surface area contributed by atoms with Crippen molar-refractivity contribution in [2.45, 2.75) is 27.3 Å². The van der Waals surface area contributed by atoms with E-state index < -0.39 is 11.5 Å². The molecule has 0 fully saturated rings. The number of nitriles is 1. The SMILES string of the molecule is CCn1nc(-c2ccccc2)c(-c2ccccc2)c(C(=O)Nc2sc(C)c(C)c2C#N)c1=O. The zero-order chi connectivity index (χ0) is 23.5. The summed E-state index contributed by atoms with van der Waals surface area (Å²) >= 11 is 1.33. The van der Waals surface area contributed by atoms with Crippen molar-refractivity contribution < 1.29 is 4.79 Å². The summed E-state index contributed by atoms with van der Waals surface area (Å²) in [6, 6.07) is 21.0. The van der Waals surface area contributed by atoms with E-state index in [4.69, 9.17) is 0 Å². The van der Waals surface area contributed by atoms with Gasteiger partial charge in [-0.15, -0.1) is 11.3 Å². The first-order valence-corrected chi connectivity index (χ1v) is 11.3. The highest BCUT2D eigenvalue weighted by Gasteiger charge is 2.26. The molecule has 0 aliphatic heterocycles. The van der Waals surface area contributed by atoms with Crippen molar-refractivity contribution in [1.82, 2.24) is 9.78 Å². The lowest BCUT2D eigenvalue weighted by Crippen LogP contribution is -2.32. The molecule has 1 amide bonds. The molecule has 0 spiro atoms. The largest absolute Gasteiger partial charge is 0.312 e. The summed E-state index contributed by atoms with van der Waals surface area (Å²) in [6.07, 6.45) is 0. The molecule has 33 heavy (non-hydrogen) atoms. The Morgan fingerprint density at radius 1 is 1.06 bits per heavy atom. The van der Waals surface area contributed by atoms with Crippen LogP contribution in [-0.2, 0) is 6.54 Å². The third-order valence-electron chi connectivity index (χ3n) is 5.52. The van der Waals surface area contributed by atoms with Gasteiger partial charge in [0.05, 0.1) is 11.3 Å². The van der Waals surface area contributed by atoms with E-state index in [9.17, 15) is 14.9 Å². The number of hydrogen-bond donors (Lipinski definition) is 1. The van der Waals surface area contributed by atoms with Crippen LogP contribution in [0.4, 0.5) is 5.00 Å². The maximum atomic E-state index is 13.6.